The van der Waals surface area contributed by atoms with Crippen molar-refractivity contribution in [3.05, 3.63) is 69.0 Å². The SMILES string of the molecule is Cc1cccc2cc(C(N)c3cccc(I)c3)oc12. The van der Waals surface area contributed by atoms with E-state index in [1.165, 1.54) is 3.57 Å². The maximum Gasteiger partial charge on any atom is 0.137 e. The maximum atomic E-state index is 6.30. The lowest BCUT2D eigenvalue weighted by molar-refractivity contribution is 0.523. The first kappa shape index (κ1) is 12.7. The fourth-order valence-corrected chi connectivity index (χ4v) is 2.81. The fraction of sp³-hybridized carbons (Fsp3) is 0.125. The second kappa shape index (κ2) is 4.98. The van der Waals surface area contributed by atoms with Gasteiger partial charge in [0.15, 0.2) is 0 Å². The summed E-state index contributed by atoms with van der Waals surface area (Å²) in [5, 5.41) is 1.11. The Morgan fingerprint density at radius 1 is 1.11 bits per heavy atom. The number of nitrogens with two attached hydrogens (primary N) is 1. The maximum absolute atomic E-state index is 6.30. The molecule has 2 N–H and O–H groups in total. The summed E-state index contributed by atoms with van der Waals surface area (Å²) in [5.41, 5.74) is 9.44. The van der Waals surface area contributed by atoms with Crippen LogP contribution in [-0.4, -0.2) is 0 Å². The summed E-state index contributed by atoms with van der Waals surface area (Å²) < 4.78 is 7.11. The molecule has 0 saturated heterocycles. The number of furan rings is 1. The zero-order valence-corrected chi connectivity index (χ0v) is 12.7. The van der Waals surface area contributed by atoms with Gasteiger partial charge in [0.2, 0.25) is 0 Å². The molecule has 1 unspecified atom stereocenters. The summed E-state index contributed by atoms with van der Waals surface area (Å²) in [4.78, 5) is 0. The van der Waals surface area contributed by atoms with Crippen molar-refractivity contribution in [2.75, 3.05) is 0 Å². The zero-order chi connectivity index (χ0) is 13.4. The van der Waals surface area contributed by atoms with E-state index in [0.29, 0.717) is 0 Å². The third-order valence-corrected chi connectivity index (χ3v) is 3.95. The molecular formula is C16H14INO. The highest BCUT2D eigenvalue weighted by Gasteiger charge is 2.15. The third-order valence-electron chi connectivity index (χ3n) is 3.27. The lowest BCUT2D eigenvalue weighted by Gasteiger charge is -2.09. The number of halogens is 1. The van der Waals surface area contributed by atoms with E-state index in [1.807, 2.05) is 37.3 Å². The Bertz CT molecular complexity index is 732. The summed E-state index contributed by atoms with van der Waals surface area (Å²) >= 11 is 2.29. The molecule has 2 aromatic carbocycles. The Labute approximate surface area is 125 Å². The van der Waals surface area contributed by atoms with Crippen LogP contribution >= 0.6 is 22.6 Å². The van der Waals surface area contributed by atoms with Gasteiger partial charge in [-0.25, -0.2) is 0 Å². The van der Waals surface area contributed by atoms with Crippen molar-refractivity contribution in [2.24, 2.45) is 5.73 Å². The van der Waals surface area contributed by atoms with Crippen molar-refractivity contribution in [3.63, 3.8) is 0 Å². The highest BCUT2D eigenvalue weighted by atomic mass is 127. The molecule has 0 saturated carbocycles. The average molecular weight is 363 g/mol. The minimum absolute atomic E-state index is 0.221. The van der Waals surface area contributed by atoms with Crippen LogP contribution in [0.15, 0.2) is 52.9 Å². The van der Waals surface area contributed by atoms with Gasteiger partial charge in [0.25, 0.3) is 0 Å². The first-order valence-electron chi connectivity index (χ1n) is 6.15. The van der Waals surface area contributed by atoms with E-state index in [1.54, 1.807) is 0 Å². The van der Waals surface area contributed by atoms with Crippen LogP contribution in [0.2, 0.25) is 0 Å². The minimum Gasteiger partial charge on any atom is -0.459 e. The Morgan fingerprint density at radius 3 is 2.63 bits per heavy atom. The van der Waals surface area contributed by atoms with E-state index in [2.05, 4.69) is 40.8 Å². The number of benzene rings is 2. The van der Waals surface area contributed by atoms with Gasteiger partial charge >= 0.3 is 0 Å². The van der Waals surface area contributed by atoms with Crippen molar-refractivity contribution in [3.8, 4) is 0 Å². The molecule has 0 spiro atoms. The number of aryl methyl sites for hydroxylation is 1. The third kappa shape index (κ3) is 2.40. The van der Waals surface area contributed by atoms with E-state index in [0.717, 1.165) is 27.9 Å². The monoisotopic (exact) mass is 363 g/mol. The topological polar surface area (TPSA) is 39.2 Å². The molecule has 0 fully saturated rings. The van der Waals surface area contributed by atoms with Crippen LogP contribution in [0.3, 0.4) is 0 Å². The number of rotatable bonds is 2. The molecule has 2 nitrogen and oxygen atoms in total. The molecule has 0 aliphatic rings. The van der Waals surface area contributed by atoms with E-state index in [4.69, 9.17) is 10.2 Å². The van der Waals surface area contributed by atoms with Crippen molar-refractivity contribution < 1.29 is 4.42 Å². The summed E-state index contributed by atoms with van der Waals surface area (Å²) in [6, 6.07) is 16.1. The lowest BCUT2D eigenvalue weighted by atomic mass is 10.1. The van der Waals surface area contributed by atoms with Gasteiger partial charge < -0.3 is 10.2 Å². The molecule has 3 rings (SSSR count). The summed E-state index contributed by atoms with van der Waals surface area (Å²) in [6.07, 6.45) is 0. The predicted molar refractivity (Wildman–Crippen MR) is 86.1 cm³/mol. The Hall–Kier alpha value is -1.33. The highest BCUT2D eigenvalue weighted by Crippen LogP contribution is 2.28. The molecule has 3 aromatic rings. The van der Waals surface area contributed by atoms with Crippen LogP contribution in [0.4, 0.5) is 0 Å². The molecule has 96 valence electrons. The smallest absolute Gasteiger partial charge is 0.137 e. The number of para-hydroxylation sites is 1. The lowest BCUT2D eigenvalue weighted by Crippen LogP contribution is -2.10. The largest absolute Gasteiger partial charge is 0.459 e. The van der Waals surface area contributed by atoms with Gasteiger partial charge in [-0.15, -0.1) is 0 Å². The number of hydrogen-bond acceptors (Lipinski definition) is 2. The van der Waals surface area contributed by atoms with Gasteiger partial charge in [-0.05, 0) is 58.8 Å². The molecule has 0 amide bonds. The number of hydrogen-bond donors (Lipinski definition) is 1. The quantitative estimate of drug-likeness (QED) is 0.686. The highest BCUT2D eigenvalue weighted by molar-refractivity contribution is 14.1. The molecule has 0 bridgehead atoms. The second-order valence-electron chi connectivity index (χ2n) is 4.67. The molecule has 3 heteroatoms. The van der Waals surface area contributed by atoms with Crippen LogP contribution in [-0.2, 0) is 0 Å². The zero-order valence-electron chi connectivity index (χ0n) is 10.6. The number of fused-ring (bicyclic) bond motifs is 1. The first-order chi connectivity index (χ1) is 9.15. The molecule has 0 aliphatic heterocycles. The minimum atomic E-state index is -0.221. The van der Waals surface area contributed by atoms with Crippen LogP contribution < -0.4 is 5.73 Å². The molecule has 1 aromatic heterocycles. The molecule has 0 aliphatic carbocycles. The molecule has 0 radical (unpaired) electrons. The van der Waals surface area contributed by atoms with Crippen LogP contribution in [0, 0.1) is 10.5 Å². The van der Waals surface area contributed by atoms with Gasteiger partial charge in [-0.1, -0.05) is 30.3 Å². The van der Waals surface area contributed by atoms with E-state index in [-0.39, 0.29) is 6.04 Å². The van der Waals surface area contributed by atoms with E-state index >= 15 is 0 Å². The van der Waals surface area contributed by atoms with Crippen LogP contribution in [0.25, 0.3) is 11.0 Å². The van der Waals surface area contributed by atoms with Crippen LogP contribution in [0.1, 0.15) is 22.9 Å². The Balaban J connectivity index is 2.06. The standard InChI is InChI=1S/C16H14INO/c1-10-4-2-6-12-9-14(19-16(10)12)15(18)11-5-3-7-13(17)8-11/h2-9,15H,18H2,1H3. The van der Waals surface area contributed by atoms with Crippen molar-refractivity contribution in [1.82, 2.24) is 0 Å². The van der Waals surface area contributed by atoms with Gasteiger partial charge in [0.1, 0.15) is 11.3 Å². The molecule has 1 atom stereocenters. The first-order valence-corrected chi connectivity index (χ1v) is 7.23. The average Bonchev–Trinajstić information content (AvgIpc) is 2.83. The van der Waals surface area contributed by atoms with Gasteiger partial charge in [-0.2, -0.15) is 0 Å². The Kier molecular flexibility index (Phi) is 3.33. The fourth-order valence-electron chi connectivity index (χ4n) is 2.25. The van der Waals surface area contributed by atoms with Crippen molar-refractivity contribution >= 4 is 33.6 Å². The van der Waals surface area contributed by atoms with Gasteiger partial charge in [-0.3, -0.25) is 0 Å². The summed E-state index contributed by atoms with van der Waals surface area (Å²) in [7, 11) is 0. The van der Waals surface area contributed by atoms with E-state index < -0.39 is 0 Å². The predicted octanol–water partition coefficient (Wildman–Crippen LogP) is 4.39. The second-order valence-corrected chi connectivity index (χ2v) is 5.92. The Morgan fingerprint density at radius 2 is 1.89 bits per heavy atom. The van der Waals surface area contributed by atoms with E-state index in [9.17, 15) is 0 Å². The van der Waals surface area contributed by atoms with Crippen molar-refractivity contribution in [2.45, 2.75) is 13.0 Å². The van der Waals surface area contributed by atoms with Crippen molar-refractivity contribution in [1.29, 1.82) is 0 Å². The van der Waals surface area contributed by atoms with Crippen LogP contribution in [0.5, 0.6) is 0 Å². The van der Waals surface area contributed by atoms with Gasteiger partial charge in [0.05, 0.1) is 6.04 Å². The molecular weight excluding hydrogens is 349 g/mol. The normalized spacial score (nSPS) is 12.8. The summed E-state index contributed by atoms with van der Waals surface area (Å²) in [6.45, 7) is 2.05. The van der Waals surface area contributed by atoms with Gasteiger partial charge in [0, 0.05) is 8.96 Å². The molecule has 1 heterocycles. The summed E-state index contributed by atoms with van der Waals surface area (Å²) in [5.74, 6) is 0.811. The molecule has 19 heavy (non-hydrogen) atoms.